The summed E-state index contributed by atoms with van der Waals surface area (Å²) in [7, 11) is 0. The van der Waals surface area contributed by atoms with Gasteiger partial charge in [-0.05, 0) is 115 Å². The number of hydrogen-bond acceptors (Lipinski definition) is 6. The smallest absolute Gasteiger partial charge is 0.870 e. The Bertz CT molecular complexity index is 1940. The summed E-state index contributed by atoms with van der Waals surface area (Å²) in [5, 5.41) is 4.92. The summed E-state index contributed by atoms with van der Waals surface area (Å²) in [6.45, 7) is 6.74. The molecule has 0 aliphatic carbocycles. The molecule has 11 heteroatoms. The van der Waals surface area contributed by atoms with Crippen LogP contribution in [0.1, 0.15) is 67.4 Å². The van der Waals surface area contributed by atoms with Gasteiger partial charge in [-0.1, -0.05) is 82.9 Å². The minimum absolute atomic E-state index is 0. The molecule has 8 rings (SSSR count). The number of fused-ring (bicyclic) bond motifs is 4. The molecule has 2 saturated heterocycles. The van der Waals surface area contributed by atoms with E-state index in [4.69, 9.17) is 37.4 Å². The van der Waals surface area contributed by atoms with Crippen molar-refractivity contribution in [3.8, 4) is 11.5 Å². The van der Waals surface area contributed by atoms with Gasteiger partial charge in [-0.2, -0.15) is 0 Å². The third kappa shape index (κ3) is 9.39. The van der Waals surface area contributed by atoms with Crippen LogP contribution in [0, 0.1) is 0 Å². The molecule has 0 atom stereocenters. The Balaban J connectivity index is 0.000000270. The zero-order valence-corrected chi connectivity index (χ0v) is 35.4. The molecule has 2 N–H and O–H groups in total. The first kappa shape index (κ1) is 42.2. The number of likely N-dealkylation sites (tertiary alicyclic amines) is 1. The van der Waals surface area contributed by atoms with Gasteiger partial charge in [-0.25, -0.2) is 4.79 Å². The van der Waals surface area contributed by atoms with Crippen LogP contribution >= 0.6 is 47.2 Å². The second-order valence-corrected chi connectivity index (χ2v) is 13.4. The van der Waals surface area contributed by atoms with E-state index in [2.05, 4.69) is 41.7 Å². The van der Waals surface area contributed by atoms with Gasteiger partial charge in [-0.3, -0.25) is 0 Å². The molecule has 4 aromatic rings. The summed E-state index contributed by atoms with van der Waals surface area (Å²) >= 11 is 12.4. The molecule has 4 aliphatic rings. The molecule has 0 spiro atoms. The molecule has 270 valence electrons. The Morgan fingerprint density at radius 3 is 1.67 bits per heavy atom. The summed E-state index contributed by atoms with van der Waals surface area (Å²) in [4.78, 5) is 13.8. The number of carbonyl (C=O) groups excluding carboxylic acids is 1. The molecule has 4 aliphatic heterocycles. The fraction of sp³-hybridized carbons (Fsp3) is 0.293. The van der Waals surface area contributed by atoms with E-state index in [9.17, 15) is 4.79 Å². The van der Waals surface area contributed by atoms with Gasteiger partial charge in [0.2, 0.25) is 0 Å². The summed E-state index contributed by atoms with van der Waals surface area (Å²) < 4.78 is 17.3. The Morgan fingerprint density at radius 2 is 1.19 bits per heavy atom. The van der Waals surface area contributed by atoms with Crippen molar-refractivity contribution in [2.75, 3.05) is 32.8 Å². The standard InChI is InChI=1S/C22H22ClNO3.C19H18ClNO.HI.Na.H2O.H2/c1-2-26-22(25)24-11-9-15(10-12-24)21-18-8-7-17(23)13-16(18)14-27-20-6-4-3-5-19(20)21;20-15-5-6-16-14(11-15)12-22-18-4-2-1-3-17(18)19(16)13-7-9-21-10-8-13;;;;/h3-8,13H,2,9-12,14H2,1H3;1-6,11,21H,7-10,12H2;1H;;1H2;1H/q;;;+1;;/p-1. The molecule has 4 heterocycles. The molecule has 2 fully saturated rings. The van der Waals surface area contributed by atoms with Gasteiger partial charge in [0.05, 0.1) is 6.61 Å². The topological polar surface area (TPSA) is 90.0 Å². The van der Waals surface area contributed by atoms with E-state index < -0.39 is 0 Å². The average molecular weight is 866 g/mol. The zero-order valence-electron chi connectivity index (χ0n) is 29.6. The first-order chi connectivity index (χ1) is 24.0. The van der Waals surface area contributed by atoms with Crippen molar-refractivity contribution in [3.63, 3.8) is 0 Å². The van der Waals surface area contributed by atoms with Crippen LogP contribution in [-0.4, -0.2) is 49.3 Å². The van der Waals surface area contributed by atoms with Gasteiger partial charge in [-0.15, -0.1) is 24.0 Å². The Morgan fingerprint density at radius 1 is 0.731 bits per heavy atom. The van der Waals surface area contributed by atoms with Crippen molar-refractivity contribution in [2.45, 2.75) is 45.8 Å². The number of para-hydroxylation sites is 2. The van der Waals surface area contributed by atoms with Crippen LogP contribution in [0.5, 0.6) is 11.5 Å². The van der Waals surface area contributed by atoms with Crippen molar-refractivity contribution >= 4 is 64.4 Å². The van der Waals surface area contributed by atoms with Crippen molar-refractivity contribution in [2.24, 2.45) is 0 Å². The van der Waals surface area contributed by atoms with E-state index >= 15 is 0 Å². The molecule has 1 amide bonds. The first-order valence-corrected chi connectivity index (χ1v) is 17.8. The van der Waals surface area contributed by atoms with Gasteiger partial charge < -0.3 is 29.9 Å². The SMILES string of the molecule is CCOC(=O)N1CCC(=C2c3ccc(Cl)cc3COc3ccccc32)CC1.Clc1ccc2c(c1)COc1ccccc1C2=C1CCNCC1.I.[HH].[Na+].[OH-]. The third-order valence-electron chi connectivity index (χ3n) is 9.56. The van der Waals surface area contributed by atoms with Crippen molar-refractivity contribution in [1.29, 1.82) is 0 Å². The maximum absolute atomic E-state index is 12.0. The van der Waals surface area contributed by atoms with E-state index in [0.29, 0.717) is 37.9 Å². The fourth-order valence-electron chi connectivity index (χ4n) is 7.21. The molecule has 0 unspecified atom stereocenters. The van der Waals surface area contributed by atoms with E-state index in [1.165, 1.54) is 44.5 Å². The van der Waals surface area contributed by atoms with Gasteiger partial charge in [0.15, 0.2) is 0 Å². The monoisotopic (exact) mass is 864 g/mol. The number of halogens is 3. The maximum atomic E-state index is 12.0. The summed E-state index contributed by atoms with van der Waals surface area (Å²) in [6.07, 6.45) is 3.60. The summed E-state index contributed by atoms with van der Waals surface area (Å²) in [6, 6.07) is 28.7. The van der Waals surface area contributed by atoms with E-state index in [1.807, 2.05) is 55.5 Å². The van der Waals surface area contributed by atoms with Crippen LogP contribution < -0.4 is 44.3 Å². The van der Waals surface area contributed by atoms with Gasteiger partial charge in [0.25, 0.3) is 0 Å². The van der Waals surface area contributed by atoms with Gasteiger partial charge in [0.1, 0.15) is 24.7 Å². The van der Waals surface area contributed by atoms with Gasteiger partial charge >= 0.3 is 35.7 Å². The van der Waals surface area contributed by atoms with Crippen molar-refractivity contribution < 1.29 is 55.5 Å². The molecule has 0 saturated carbocycles. The fourth-order valence-corrected chi connectivity index (χ4v) is 7.60. The zero-order chi connectivity index (χ0) is 33.7. The normalized spacial score (nSPS) is 15.7. The summed E-state index contributed by atoms with van der Waals surface area (Å²) in [5.74, 6) is 1.86. The minimum Gasteiger partial charge on any atom is -0.870 e. The largest absolute Gasteiger partial charge is 1.00 e. The van der Waals surface area contributed by atoms with Crippen LogP contribution in [0.25, 0.3) is 11.1 Å². The first-order valence-electron chi connectivity index (χ1n) is 17.1. The number of ether oxygens (including phenoxy) is 3. The van der Waals surface area contributed by atoms with Crippen LogP contribution in [0.3, 0.4) is 0 Å². The molecule has 52 heavy (non-hydrogen) atoms. The number of nitrogens with zero attached hydrogens (tertiary/aromatic N) is 1. The predicted octanol–water partition coefficient (Wildman–Crippen LogP) is 7.40. The maximum Gasteiger partial charge on any atom is 1.00 e. The molecule has 7 nitrogen and oxygen atoms in total. The number of piperidine rings is 2. The van der Waals surface area contributed by atoms with Crippen LogP contribution in [0.4, 0.5) is 4.79 Å². The number of benzene rings is 4. The van der Waals surface area contributed by atoms with E-state index in [1.54, 1.807) is 4.90 Å². The van der Waals surface area contributed by atoms with Crippen molar-refractivity contribution in [1.82, 2.24) is 10.2 Å². The van der Waals surface area contributed by atoms with Crippen LogP contribution in [-0.2, 0) is 18.0 Å². The average Bonchev–Trinajstić information content (AvgIpc) is 3.40. The number of hydrogen-bond donors (Lipinski definition) is 1. The molecular formula is C41H44Cl2IN2NaO5. The number of carbonyl (C=O) groups is 1. The number of nitrogens with one attached hydrogen (secondary N) is 1. The van der Waals surface area contributed by atoms with Crippen molar-refractivity contribution in [3.05, 3.63) is 140 Å². The van der Waals surface area contributed by atoms with Crippen LogP contribution in [0.2, 0.25) is 10.0 Å². The minimum atomic E-state index is -0.224. The molecule has 0 aromatic heterocycles. The third-order valence-corrected chi connectivity index (χ3v) is 10.0. The molecular weight excluding hydrogens is 821 g/mol. The Kier molecular flexibility index (Phi) is 16.0. The quantitative estimate of drug-likeness (QED) is 0.159. The predicted molar refractivity (Wildman–Crippen MR) is 216 cm³/mol. The Hall–Kier alpha value is -2.54. The molecule has 0 radical (unpaired) electrons. The van der Waals surface area contributed by atoms with Crippen LogP contribution in [0.15, 0.2) is 96.1 Å². The Labute approximate surface area is 356 Å². The summed E-state index contributed by atoms with van der Waals surface area (Å²) in [5.41, 5.74) is 12.4. The number of amides is 1. The van der Waals surface area contributed by atoms with E-state index in [0.717, 1.165) is 66.4 Å². The molecule has 4 aromatic carbocycles. The van der Waals surface area contributed by atoms with E-state index in [-0.39, 0.29) is 66.5 Å². The molecule has 0 bridgehead atoms. The van der Waals surface area contributed by atoms with Gasteiger partial charge in [0, 0.05) is 35.7 Å². The number of rotatable bonds is 1. The second kappa shape index (κ2) is 19.7. The second-order valence-electron chi connectivity index (χ2n) is 12.6.